The molecular formula is C14H19N5. The lowest BCUT2D eigenvalue weighted by atomic mass is 9.94. The van der Waals surface area contributed by atoms with Gasteiger partial charge in [-0.25, -0.2) is 4.98 Å². The van der Waals surface area contributed by atoms with Crippen molar-refractivity contribution in [2.45, 2.75) is 25.3 Å². The van der Waals surface area contributed by atoms with Gasteiger partial charge in [-0.05, 0) is 31.5 Å². The molecule has 1 fully saturated rings. The summed E-state index contributed by atoms with van der Waals surface area (Å²) in [6, 6.07) is 6.08. The van der Waals surface area contributed by atoms with E-state index in [2.05, 4.69) is 32.2 Å². The van der Waals surface area contributed by atoms with Crippen molar-refractivity contribution in [3.8, 4) is 0 Å². The maximum absolute atomic E-state index is 5.91. The molecule has 5 heteroatoms. The van der Waals surface area contributed by atoms with Crippen molar-refractivity contribution < 1.29 is 0 Å². The first-order valence-electron chi connectivity index (χ1n) is 6.74. The van der Waals surface area contributed by atoms with E-state index in [9.17, 15) is 0 Å². The van der Waals surface area contributed by atoms with Crippen molar-refractivity contribution in [3.05, 3.63) is 41.9 Å². The zero-order valence-electron chi connectivity index (χ0n) is 10.9. The van der Waals surface area contributed by atoms with Gasteiger partial charge in [0.15, 0.2) is 0 Å². The molecule has 3 rings (SSSR count). The molecule has 1 saturated heterocycles. The monoisotopic (exact) mass is 257 g/mol. The average Bonchev–Trinajstić information content (AvgIpc) is 2.96. The van der Waals surface area contributed by atoms with Crippen molar-refractivity contribution in [2.24, 2.45) is 0 Å². The van der Waals surface area contributed by atoms with Crippen LogP contribution in [0, 0.1) is 0 Å². The first-order chi connectivity index (χ1) is 9.33. The van der Waals surface area contributed by atoms with Crippen molar-refractivity contribution in [1.82, 2.24) is 20.1 Å². The molecule has 1 aliphatic rings. The number of H-pyrrole nitrogens is 1. The summed E-state index contributed by atoms with van der Waals surface area (Å²) in [6.45, 7) is 3.06. The summed E-state index contributed by atoms with van der Waals surface area (Å²) < 4.78 is 0. The maximum atomic E-state index is 5.91. The van der Waals surface area contributed by atoms with E-state index in [-0.39, 0.29) is 0 Å². The summed E-state index contributed by atoms with van der Waals surface area (Å²) in [7, 11) is 0. The average molecular weight is 257 g/mol. The van der Waals surface area contributed by atoms with Crippen molar-refractivity contribution in [1.29, 1.82) is 0 Å². The molecule has 3 heterocycles. The number of aromatic amines is 1. The third-order valence-corrected chi connectivity index (χ3v) is 3.79. The van der Waals surface area contributed by atoms with Crippen molar-refractivity contribution in [2.75, 3.05) is 18.8 Å². The van der Waals surface area contributed by atoms with Crippen LogP contribution >= 0.6 is 0 Å². The Bertz CT molecular complexity index is 522. The highest BCUT2D eigenvalue weighted by Crippen LogP contribution is 2.26. The van der Waals surface area contributed by atoms with E-state index in [1.165, 1.54) is 18.5 Å². The minimum atomic E-state index is 0.550. The Morgan fingerprint density at radius 2 is 2.32 bits per heavy atom. The number of rotatable bonds is 3. The van der Waals surface area contributed by atoms with E-state index in [1.807, 2.05) is 12.3 Å². The minimum Gasteiger partial charge on any atom is -0.383 e. The molecule has 19 heavy (non-hydrogen) atoms. The minimum absolute atomic E-state index is 0.550. The number of aromatic nitrogens is 3. The predicted octanol–water partition coefficient (Wildman–Crippen LogP) is 1.77. The van der Waals surface area contributed by atoms with Crippen LogP contribution in [0.1, 0.15) is 30.0 Å². The van der Waals surface area contributed by atoms with Crippen LogP contribution in [0.2, 0.25) is 0 Å². The molecule has 100 valence electrons. The number of nitrogens with zero attached hydrogens (tertiary/aromatic N) is 3. The lowest BCUT2D eigenvalue weighted by Crippen LogP contribution is -2.34. The first-order valence-corrected chi connectivity index (χ1v) is 6.74. The first kappa shape index (κ1) is 12.2. The summed E-state index contributed by atoms with van der Waals surface area (Å²) in [5.41, 5.74) is 8.27. The number of nitrogens with one attached hydrogen (secondary N) is 1. The van der Waals surface area contributed by atoms with Gasteiger partial charge >= 0.3 is 0 Å². The highest BCUT2D eigenvalue weighted by atomic mass is 15.1. The normalized spacial score (nSPS) is 20.5. The van der Waals surface area contributed by atoms with Crippen LogP contribution in [0.15, 0.2) is 30.6 Å². The fraction of sp³-hybridized carbons (Fsp3) is 0.429. The zero-order chi connectivity index (χ0) is 13.1. The third-order valence-electron chi connectivity index (χ3n) is 3.79. The second-order valence-corrected chi connectivity index (χ2v) is 5.13. The van der Waals surface area contributed by atoms with Gasteiger partial charge in [-0.15, -0.1) is 0 Å². The van der Waals surface area contributed by atoms with E-state index in [1.54, 1.807) is 6.20 Å². The quantitative estimate of drug-likeness (QED) is 0.879. The van der Waals surface area contributed by atoms with Gasteiger partial charge in [0.05, 0.1) is 0 Å². The molecule has 0 radical (unpaired) electrons. The van der Waals surface area contributed by atoms with Crippen LogP contribution in [-0.4, -0.2) is 33.2 Å². The van der Waals surface area contributed by atoms with Crippen LogP contribution in [-0.2, 0) is 6.54 Å². The number of pyridine rings is 1. The number of hydrogen-bond acceptors (Lipinski definition) is 4. The van der Waals surface area contributed by atoms with Gasteiger partial charge in [0.2, 0.25) is 0 Å². The van der Waals surface area contributed by atoms with Gasteiger partial charge in [0.25, 0.3) is 0 Å². The molecule has 0 bridgehead atoms. The number of likely N-dealkylation sites (tertiary alicyclic amines) is 1. The standard InChI is InChI=1S/C14H19N5/c15-14-12(3-1-6-16-14)10-19-8-2-4-11(9-19)13-5-7-17-18-13/h1,3,5-7,11H,2,4,8-10H2,(H2,15,16)(H,17,18)/t11-/m1/s1. The van der Waals surface area contributed by atoms with E-state index >= 15 is 0 Å². The van der Waals surface area contributed by atoms with Crippen LogP contribution in [0.4, 0.5) is 5.82 Å². The summed E-state index contributed by atoms with van der Waals surface area (Å²) in [5, 5.41) is 7.14. The largest absolute Gasteiger partial charge is 0.383 e. The lowest BCUT2D eigenvalue weighted by molar-refractivity contribution is 0.198. The predicted molar refractivity (Wildman–Crippen MR) is 74.5 cm³/mol. The molecule has 0 aromatic carbocycles. The summed E-state index contributed by atoms with van der Waals surface area (Å²) in [4.78, 5) is 6.60. The van der Waals surface area contributed by atoms with E-state index in [0.717, 1.165) is 25.2 Å². The van der Waals surface area contributed by atoms with Gasteiger partial charge < -0.3 is 5.73 Å². The van der Waals surface area contributed by atoms with Gasteiger partial charge in [-0.2, -0.15) is 5.10 Å². The summed E-state index contributed by atoms with van der Waals surface area (Å²) >= 11 is 0. The van der Waals surface area contributed by atoms with E-state index in [0.29, 0.717) is 11.7 Å². The summed E-state index contributed by atoms with van der Waals surface area (Å²) in [5.74, 6) is 1.19. The van der Waals surface area contributed by atoms with E-state index in [4.69, 9.17) is 5.73 Å². The van der Waals surface area contributed by atoms with Gasteiger partial charge in [-0.3, -0.25) is 10.00 Å². The number of anilines is 1. The molecule has 2 aromatic rings. The van der Waals surface area contributed by atoms with E-state index < -0.39 is 0 Å². The molecule has 0 amide bonds. The Kier molecular flexibility index (Phi) is 3.46. The molecule has 3 N–H and O–H groups in total. The van der Waals surface area contributed by atoms with Crippen molar-refractivity contribution in [3.63, 3.8) is 0 Å². The van der Waals surface area contributed by atoms with Crippen LogP contribution < -0.4 is 5.73 Å². The molecule has 0 spiro atoms. The second-order valence-electron chi connectivity index (χ2n) is 5.13. The lowest BCUT2D eigenvalue weighted by Gasteiger charge is -2.32. The Morgan fingerprint density at radius 3 is 3.11 bits per heavy atom. The number of hydrogen-bond donors (Lipinski definition) is 2. The highest BCUT2D eigenvalue weighted by molar-refractivity contribution is 5.38. The van der Waals surface area contributed by atoms with Crippen molar-refractivity contribution >= 4 is 5.82 Å². The molecule has 0 unspecified atom stereocenters. The fourth-order valence-corrected chi connectivity index (χ4v) is 2.77. The Balaban J connectivity index is 1.67. The molecule has 1 aliphatic heterocycles. The van der Waals surface area contributed by atoms with Gasteiger partial charge in [0, 0.05) is 42.7 Å². The van der Waals surface area contributed by atoms with Gasteiger partial charge in [0.1, 0.15) is 5.82 Å². The number of nitrogens with two attached hydrogens (primary N) is 1. The second kappa shape index (κ2) is 5.40. The smallest absolute Gasteiger partial charge is 0.127 e. The third kappa shape index (κ3) is 2.76. The topological polar surface area (TPSA) is 70.8 Å². The Hall–Kier alpha value is -1.88. The molecule has 2 aromatic heterocycles. The molecule has 0 saturated carbocycles. The summed E-state index contributed by atoms with van der Waals surface area (Å²) in [6.07, 6.45) is 6.00. The molecular weight excluding hydrogens is 238 g/mol. The Labute approximate surface area is 112 Å². The van der Waals surface area contributed by atoms with Crippen LogP contribution in [0.3, 0.4) is 0 Å². The Morgan fingerprint density at radius 1 is 1.37 bits per heavy atom. The molecule has 5 nitrogen and oxygen atoms in total. The molecule has 0 aliphatic carbocycles. The van der Waals surface area contributed by atoms with Gasteiger partial charge in [-0.1, -0.05) is 6.07 Å². The molecule has 1 atom stereocenters. The zero-order valence-corrected chi connectivity index (χ0v) is 10.9. The highest BCUT2D eigenvalue weighted by Gasteiger charge is 2.22. The maximum Gasteiger partial charge on any atom is 0.127 e. The van der Waals surface area contributed by atoms with Crippen LogP contribution in [0.5, 0.6) is 0 Å². The fourth-order valence-electron chi connectivity index (χ4n) is 2.77. The SMILES string of the molecule is Nc1ncccc1CN1CCC[C@@H](c2ccn[nH]2)C1. The van der Waals surface area contributed by atoms with Crippen LogP contribution in [0.25, 0.3) is 0 Å². The number of piperidine rings is 1. The number of nitrogen functional groups attached to an aromatic ring is 1.